The van der Waals surface area contributed by atoms with Crippen LogP contribution in [-0.4, -0.2) is 13.4 Å². The highest BCUT2D eigenvalue weighted by Gasteiger charge is 2.22. The lowest BCUT2D eigenvalue weighted by atomic mass is 10.0. The van der Waals surface area contributed by atoms with Gasteiger partial charge >= 0.3 is 0 Å². The molecule has 2 aromatic rings. The third-order valence-corrected chi connectivity index (χ3v) is 5.15. The minimum Gasteiger partial charge on any atom is -0.280 e. The Morgan fingerprint density at radius 1 is 0.950 bits per heavy atom. The van der Waals surface area contributed by atoms with E-state index in [2.05, 4.69) is 9.71 Å². The Morgan fingerprint density at radius 3 is 1.95 bits per heavy atom. The van der Waals surface area contributed by atoms with E-state index in [9.17, 15) is 8.42 Å². The van der Waals surface area contributed by atoms with Crippen LogP contribution in [0.1, 0.15) is 22.3 Å². The largest absolute Gasteiger partial charge is 0.280 e. The summed E-state index contributed by atoms with van der Waals surface area (Å²) in [7, 11) is -3.60. The Hall–Kier alpha value is -1.88. The van der Waals surface area contributed by atoms with Crippen molar-refractivity contribution >= 4 is 15.7 Å². The molecule has 0 amide bonds. The number of hydrogen-bond acceptors (Lipinski definition) is 3. The van der Waals surface area contributed by atoms with Crippen molar-refractivity contribution in [2.24, 2.45) is 0 Å². The Bertz CT molecular complexity index is 712. The van der Waals surface area contributed by atoms with Gasteiger partial charge in [0.05, 0.1) is 10.6 Å². The van der Waals surface area contributed by atoms with E-state index in [4.69, 9.17) is 0 Å². The van der Waals surface area contributed by atoms with Gasteiger partial charge in [-0.3, -0.25) is 9.71 Å². The molecule has 0 aliphatic rings. The van der Waals surface area contributed by atoms with Crippen LogP contribution < -0.4 is 4.72 Å². The number of aryl methyl sites for hydroxylation is 2. The summed E-state index contributed by atoms with van der Waals surface area (Å²) >= 11 is 0. The van der Waals surface area contributed by atoms with Crippen LogP contribution in [0.25, 0.3) is 0 Å². The zero-order valence-corrected chi connectivity index (χ0v) is 12.9. The fourth-order valence-corrected chi connectivity index (χ4v) is 3.89. The van der Waals surface area contributed by atoms with Gasteiger partial charge in [0.2, 0.25) is 0 Å². The molecule has 0 saturated heterocycles. The molecule has 0 atom stereocenters. The molecule has 0 bridgehead atoms. The monoisotopic (exact) mass is 290 g/mol. The molecule has 0 saturated carbocycles. The van der Waals surface area contributed by atoms with E-state index >= 15 is 0 Å². The summed E-state index contributed by atoms with van der Waals surface area (Å²) in [5.41, 5.74) is 4.04. The molecule has 0 unspecified atom stereocenters. The molecule has 0 aliphatic carbocycles. The van der Waals surface area contributed by atoms with E-state index in [1.807, 2.05) is 33.8 Å². The fourth-order valence-electron chi connectivity index (χ4n) is 2.21. The molecule has 1 N–H and O–H groups in total. The molecule has 0 spiro atoms. The number of nitrogens with zero attached hydrogens (tertiary/aromatic N) is 1. The summed E-state index contributed by atoms with van der Waals surface area (Å²) in [6.07, 6.45) is 3.11. The summed E-state index contributed by atoms with van der Waals surface area (Å²) in [5.74, 6) is 0. The average Bonchev–Trinajstić information content (AvgIpc) is 2.37. The number of rotatable bonds is 3. The van der Waals surface area contributed by atoms with Crippen molar-refractivity contribution < 1.29 is 8.42 Å². The summed E-state index contributed by atoms with van der Waals surface area (Å²) in [5, 5.41) is 0. The van der Waals surface area contributed by atoms with Gasteiger partial charge in [-0.2, -0.15) is 0 Å². The van der Waals surface area contributed by atoms with Crippen molar-refractivity contribution in [1.29, 1.82) is 0 Å². The van der Waals surface area contributed by atoms with E-state index in [1.54, 1.807) is 24.5 Å². The Balaban J connectivity index is 2.56. The molecular weight excluding hydrogens is 272 g/mol. The Labute approximate surface area is 119 Å². The van der Waals surface area contributed by atoms with Crippen molar-refractivity contribution in [3.05, 3.63) is 52.8 Å². The van der Waals surface area contributed by atoms with Crippen molar-refractivity contribution in [1.82, 2.24) is 4.98 Å². The number of anilines is 1. The second kappa shape index (κ2) is 5.25. The summed E-state index contributed by atoms with van der Waals surface area (Å²) < 4.78 is 27.8. The van der Waals surface area contributed by atoms with Gasteiger partial charge < -0.3 is 0 Å². The number of benzene rings is 1. The minimum absolute atomic E-state index is 0.367. The van der Waals surface area contributed by atoms with E-state index in [0.717, 1.165) is 22.3 Å². The molecule has 0 radical (unpaired) electrons. The number of hydrogen-bond donors (Lipinski definition) is 1. The quantitative estimate of drug-likeness (QED) is 0.945. The maximum Gasteiger partial charge on any atom is 0.262 e. The zero-order valence-electron chi connectivity index (χ0n) is 12.1. The first-order chi connectivity index (χ1) is 9.33. The van der Waals surface area contributed by atoms with Crippen molar-refractivity contribution in [3.8, 4) is 0 Å². The standard InChI is InChI=1S/C15H18N2O2S/c1-10-9-11(2)13(4)15(12(10)3)20(18,19)17-14-5-7-16-8-6-14/h5-9H,1-4H3,(H,16,17). The topological polar surface area (TPSA) is 59.1 Å². The maximum absolute atomic E-state index is 12.6. The average molecular weight is 290 g/mol. The van der Waals surface area contributed by atoms with Crippen LogP contribution in [0.5, 0.6) is 0 Å². The zero-order chi connectivity index (χ0) is 14.9. The lowest BCUT2D eigenvalue weighted by molar-refractivity contribution is 0.599. The van der Waals surface area contributed by atoms with Crippen LogP contribution in [0.15, 0.2) is 35.5 Å². The predicted octanol–water partition coefficient (Wildman–Crippen LogP) is 3.12. The highest BCUT2D eigenvalue weighted by molar-refractivity contribution is 7.92. The molecule has 20 heavy (non-hydrogen) atoms. The van der Waals surface area contributed by atoms with Crippen LogP contribution in [0, 0.1) is 27.7 Å². The van der Waals surface area contributed by atoms with E-state index in [0.29, 0.717) is 10.6 Å². The molecule has 0 fully saturated rings. The third-order valence-electron chi connectivity index (χ3n) is 3.50. The van der Waals surface area contributed by atoms with Crippen LogP contribution in [0.3, 0.4) is 0 Å². The molecule has 1 aromatic heterocycles. The van der Waals surface area contributed by atoms with Gasteiger partial charge in [-0.1, -0.05) is 6.07 Å². The second-order valence-electron chi connectivity index (χ2n) is 4.93. The first-order valence-corrected chi connectivity index (χ1v) is 7.81. The Morgan fingerprint density at radius 2 is 1.45 bits per heavy atom. The van der Waals surface area contributed by atoms with Crippen LogP contribution in [0.2, 0.25) is 0 Å². The SMILES string of the molecule is Cc1cc(C)c(C)c(S(=O)(=O)Nc2ccncc2)c1C. The molecular formula is C15H18N2O2S. The van der Waals surface area contributed by atoms with Gasteiger partial charge in [0.1, 0.15) is 0 Å². The highest BCUT2D eigenvalue weighted by atomic mass is 32.2. The Kier molecular flexibility index (Phi) is 3.81. The summed E-state index contributed by atoms with van der Waals surface area (Å²) in [6.45, 7) is 7.52. The van der Waals surface area contributed by atoms with Gasteiger partial charge in [0, 0.05) is 12.4 Å². The van der Waals surface area contributed by atoms with E-state index in [-0.39, 0.29) is 0 Å². The maximum atomic E-state index is 12.6. The van der Waals surface area contributed by atoms with Gasteiger partial charge in [-0.15, -0.1) is 0 Å². The molecule has 4 nitrogen and oxygen atoms in total. The summed E-state index contributed by atoms with van der Waals surface area (Å²) in [4.78, 5) is 4.24. The number of pyridine rings is 1. The fraction of sp³-hybridized carbons (Fsp3) is 0.267. The highest BCUT2D eigenvalue weighted by Crippen LogP contribution is 2.27. The second-order valence-corrected chi connectivity index (χ2v) is 6.55. The first-order valence-electron chi connectivity index (χ1n) is 6.33. The van der Waals surface area contributed by atoms with Crippen molar-refractivity contribution in [3.63, 3.8) is 0 Å². The minimum atomic E-state index is -3.60. The predicted molar refractivity (Wildman–Crippen MR) is 80.4 cm³/mol. The lowest BCUT2D eigenvalue weighted by Gasteiger charge is -2.16. The van der Waals surface area contributed by atoms with Gasteiger partial charge in [-0.05, 0) is 62.1 Å². The van der Waals surface area contributed by atoms with Gasteiger partial charge in [-0.25, -0.2) is 8.42 Å². The molecule has 106 valence electrons. The summed E-state index contributed by atoms with van der Waals surface area (Å²) in [6, 6.07) is 5.27. The van der Waals surface area contributed by atoms with Crippen LogP contribution in [0.4, 0.5) is 5.69 Å². The molecule has 2 rings (SSSR count). The van der Waals surface area contributed by atoms with E-state index in [1.165, 1.54) is 0 Å². The molecule has 1 heterocycles. The van der Waals surface area contributed by atoms with Crippen LogP contribution in [-0.2, 0) is 10.0 Å². The van der Waals surface area contributed by atoms with Gasteiger partial charge in [0.25, 0.3) is 10.0 Å². The lowest BCUT2D eigenvalue weighted by Crippen LogP contribution is -2.17. The molecule has 1 aromatic carbocycles. The van der Waals surface area contributed by atoms with Crippen molar-refractivity contribution in [2.75, 3.05) is 4.72 Å². The van der Waals surface area contributed by atoms with E-state index < -0.39 is 10.0 Å². The molecule has 5 heteroatoms. The molecule has 0 aliphatic heterocycles. The number of nitrogens with one attached hydrogen (secondary N) is 1. The van der Waals surface area contributed by atoms with Gasteiger partial charge in [0.15, 0.2) is 0 Å². The normalized spacial score (nSPS) is 11.4. The number of sulfonamides is 1. The smallest absolute Gasteiger partial charge is 0.262 e. The first kappa shape index (κ1) is 14.5. The third kappa shape index (κ3) is 2.67. The van der Waals surface area contributed by atoms with Crippen LogP contribution >= 0.6 is 0 Å². The number of aromatic nitrogens is 1. The van der Waals surface area contributed by atoms with Crippen molar-refractivity contribution in [2.45, 2.75) is 32.6 Å².